The Balaban J connectivity index is 1.98. The topological polar surface area (TPSA) is 29.1 Å². The van der Waals surface area contributed by atoms with Crippen molar-refractivity contribution >= 4 is 21.8 Å². The Morgan fingerprint density at radius 2 is 1.95 bits per heavy atom. The van der Waals surface area contributed by atoms with Crippen LogP contribution in [-0.2, 0) is 4.79 Å². The second-order valence-electron chi connectivity index (χ2n) is 4.50. The first-order valence-corrected chi connectivity index (χ1v) is 7.98. The van der Waals surface area contributed by atoms with Crippen LogP contribution in [0.15, 0.2) is 34.6 Å². The van der Waals surface area contributed by atoms with E-state index >= 15 is 0 Å². The molecule has 0 bridgehead atoms. The third-order valence-corrected chi connectivity index (χ3v) is 3.42. The standard InChI is InChI=1S/C16H20BrNO/c17-13-8-3-1-2-7-11-16(19)18-14-12-15-9-5-4-6-10-15/h9H,1-3,7-8,11-14H2,(H,18,19). The minimum Gasteiger partial charge on any atom is -0.356 e. The molecule has 0 fully saturated rings. The lowest BCUT2D eigenvalue weighted by atomic mass is 10.1. The van der Waals surface area contributed by atoms with Gasteiger partial charge < -0.3 is 5.32 Å². The van der Waals surface area contributed by atoms with Crippen LogP contribution in [0.25, 0.3) is 0 Å². The molecule has 0 saturated heterocycles. The molecule has 19 heavy (non-hydrogen) atoms. The second-order valence-corrected chi connectivity index (χ2v) is 5.29. The number of carbonyl (C=O) groups excluding carboxylic acids is 1. The molecule has 1 N–H and O–H groups in total. The van der Waals surface area contributed by atoms with Gasteiger partial charge in [-0.1, -0.05) is 46.7 Å². The van der Waals surface area contributed by atoms with Crippen LogP contribution in [0.3, 0.4) is 0 Å². The van der Waals surface area contributed by atoms with Crippen LogP contribution in [0.5, 0.6) is 0 Å². The molecule has 2 nitrogen and oxygen atoms in total. The van der Waals surface area contributed by atoms with Crippen molar-refractivity contribution in [2.45, 2.75) is 44.9 Å². The summed E-state index contributed by atoms with van der Waals surface area (Å²) in [6.45, 7) is 0.657. The van der Waals surface area contributed by atoms with E-state index in [1.54, 1.807) is 0 Å². The van der Waals surface area contributed by atoms with Crippen molar-refractivity contribution in [3.8, 4) is 0 Å². The summed E-state index contributed by atoms with van der Waals surface area (Å²) in [6, 6.07) is 0. The fourth-order valence-corrected chi connectivity index (χ4v) is 2.17. The predicted molar refractivity (Wildman–Crippen MR) is 81.3 cm³/mol. The first kappa shape index (κ1) is 15.9. The molecule has 1 amide bonds. The second kappa shape index (κ2) is 10.7. The monoisotopic (exact) mass is 321 g/mol. The van der Waals surface area contributed by atoms with Crippen molar-refractivity contribution in [2.24, 2.45) is 0 Å². The van der Waals surface area contributed by atoms with E-state index in [2.05, 4.69) is 44.2 Å². The molecule has 0 aromatic rings. The predicted octanol–water partition coefficient (Wildman–Crippen LogP) is 3.79. The highest BCUT2D eigenvalue weighted by Crippen LogP contribution is 2.06. The van der Waals surface area contributed by atoms with E-state index in [-0.39, 0.29) is 5.91 Å². The molecule has 102 valence electrons. The van der Waals surface area contributed by atoms with Crippen molar-refractivity contribution in [1.82, 2.24) is 5.32 Å². The molecule has 1 aliphatic carbocycles. The summed E-state index contributed by atoms with van der Waals surface area (Å²) >= 11 is 3.42. The molecule has 0 unspecified atom stereocenters. The molecular weight excluding hydrogens is 302 g/mol. The summed E-state index contributed by atoms with van der Waals surface area (Å²) in [6.07, 6.45) is 9.07. The molecule has 0 aromatic carbocycles. The maximum atomic E-state index is 11.6. The van der Waals surface area contributed by atoms with Gasteiger partial charge in [-0.05, 0) is 30.7 Å². The lowest BCUT2D eigenvalue weighted by Gasteiger charge is -2.04. The molecular formula is C16H20BrNO. The minimum atomic E-state index is 0.149. The first-order valence-electron chi connectivity index (χ1n) is 6.86. The van der Waals surface area contributed by atoms with Gasteiger partial charge >= 0.3 is 0 Å². The summed E-state index contributed by atoms with van der Waals surface area (Å²) in [5.41, 5.74) is 12.2. The molecule has 0 saturated carbocycles. The largest absolute Gasteiger partial charge is 0.356 e. The molecule has 0 spiro atoms. The lowest BCUT2D eigenvalue weighted by molar-refractivity contribution is -0.121. The number of hydrogen-bond acceptors (Lipinski definition) is 1. The summed E-state index contributed by atoms with van der Waals surface area (Å²) < 4.78 is 0. The van der Waals surface area contributed by atoms with E-state index in [0.717, 1.165) is 30.2 Å². The minimum absolute atomic E-state index is 0.149. The zero-order valence-corrected chi connectivity index (χ0v) is 12.8. The van der Waals surface area contributed by atoms with E-state index in [9.17, 15) is 4.79 Å². The Labute approximate surface area is 123 Å². The van der Waals surface area contributed by atoms with Crippen LogP contribution < -0.4 is 5.32 Å². The SMILES string of the molecule is O=C(CCCCCCCBr)NCCC1=C=C=C=C=C1. The van der Waals surface area contributed by atoms with Crippen LogP contribution in [0.2, 0.25) is 0 Å². The van der Waals surface area contributed by atoms with Gasteiger partial charge in [0.2, 0.25) is 5.91 Å². The average molecular weight is 322 g/mol. The maximum Gasteiger partial charge on any atom is 0.220 e. The summed E-state index contributed by atoms with van der Waals surface area (Å²) in [5.74, 6) is 0.149. The Morgan fingerprint density at radius 3 is 2.68 bits per heavy atom. The third kappa shape index (κ3) is 8.51. The lowest BCUT2D eigenvalue weighted by Crippen LogP contribution is -2.24. The van der Waals surface area contributed by atoms with Gasteiger partial charge in [0.05, 0.1) is 0 Å². The van der Waals surface area contributed by atoms with Gasteiger partial charge in [0.1, 0.15) is 0 Å². The molecule has 0 radical (unpaired) electrons. The quantitative estimate of drug-likeness (QED) is 0.370. The van der Waals surface area contributed by atoms with Gasteiger partial charge in [-0.3, -0.25) is 4.79 Å². The van der Waals surface area contributed by atoms with Gasteiger partial charge in [-0.25, -0.2) is 0 Å². The van der Waals surface area contributed by atoms with Gasteiger partial charge in [-0.15, -0.1) is 0 Å². The number of nitrogens with one attached hydrogen (secondary N) is 1. The Kier molecular flexibility index (Phi) is 8.94. The van der Waals surface area contributed by atoms with Crippen molar-refractivity contribution in [3.63, 3.8) is 0 Å². The van der Waals surface area contributed by atoms with Gasteiger partial charge in [-0.2, -0.15) is 0 Å². The van der Waals surface area contributed by atoms with Crippen molar-refractivity contribution in [1.29, 1.82) is 0 Å². The van der Waals surface area contributed by atoms with E-state index < -0.39 is 0 Å². The summed E-state index contributed by atoms with van der Waals surface area (Å²) in [7, 11) is 0. The van der Waals surface area contributed by atoms with Gasteiger partial charge in [0, 0.05) is 29.9 Å². The number of hydrogen-bond donors (Lipinski definition) is 1. The third-order valence-electron chi connectivity index (χ3n) is 2.86. The number of alkyl halides is 1. The van der Waals surface area contributed by atoms with Gasteiger partial charge in [0.15, 0.2) is 0 Å². The fraction of sp³-hybridized carbons (Fsp3) is 0.562. The van der Waals surface area contributed by atoms with Gasteiger partial charge in [0.25, 0.3) is 0 Å². The van der Waals surface area contributed by atoms with Crippen LogP contribution in [-0.4, -0.2) is 17.8 Å². The number of amides is 1. The van der Waals surface area contributed by atoms with Crippen molar-refractivity contribution < 1.29 is 4.79 Å². The fourth-order valence-electron chi connectivity index (χ4n) is 1.78. The number of unbranched alkanes of at least 4 members (excludes halogenated alkanes) is 4. The molecule has 0 aromatic heterocycles. The summed E-state index contributed by atoms with van der Waals surface area (Å²) in [4.78, 5) is 11.6. The molecule has 1 rings (SSSR count). The summed E-state index contributed by atoms with van der Waals surface area (Å²) in [5, 5.41) is 4.01. The number of carbonyl (C=O) groups is 1. The molecule has 0 heterocycles. The smallest absolute Gasteiger partial charge is 0.220 e. The number of allylic oxidation sites excluding steroid dienone is 1. The van der Waals surface area contributed by atoms with Crippen molar-refractivity contribution in [2.75, 3.05) is 11.9 Å². The highest BCUT2D eigenvalue weighted by Gasteiger charge is 2.01. The Hall–Kier alpha value is -1.19. The molecule has 1 aliphatic rings. The van der Waals surface area contributed by atoms with Crippen molar-refractivity contribution in [3.05, 3.63) is 34.6 Å². The average Bonchev–Trinajstić information content (AvgIpc) is 2.44. The first-order chi connectivity index (χ1) is 9.33. The molecule has 0 atom stereocenters. The van der Waals surface area contributed by atoms with E-state index in [1.165, 1.54) is 19.3 Å². The van der Waals surface area contributed by atoms with Crippen LogP contribution in [0.4, 0.5) is 0 Å². The van der Waals surface area contributed by atoms with E-state index in [1.807, 2.05) is 6.08 Å². The zero-order valence-electron chi connectivity index (χ0n) is 11.2. The molecule has 0 aliphatic heterocycles. The van der Waals surface area contributed by atoms with E-state index in [0.29, 0.717) is 13.0 Å². The van der Waals surface area contributed by atoms with Crippen LogP contribution in [0.1, 0.15) is 44.9 Å². The van der Waals surface area contributed by atoms with Crippen LogP contribution >= 0.6 is 15.9 Å². The Bertz CT molecular complexity index is 455. The highest BCUT2D eigenvalue weighted by molar-refractivity contribution is 9.09. The van der Waals surface area contributed by atoms with E-state index in [4.69, 9.17) is 0 Å². The zero-order chi connectivity index (χ0) is 13.8. The number of halogens is 1. The van der Waals surface area contributed by atoms with Crippen LogP contribution in [0, 0.1) is 0 Å². The highest BCUT2D eigenvalue weighted by atomic mass is 79.9. The molecule has 3 heteroatoms. The number of rotatable bonds is 10. The maximum absolute atomic E-state index is 11.6. The normalized spacial score (nSPS) is 11.7. The Morgan fingerprint density at radius 1 is 1.16 bits per heavy atom.